The van der Waals surface area contributed by atoms with E-state index < -0.39 is 23.5 Å². The second-order valence-corrected chi connectivity index (χ2v) is 10.4. The third kappa shape index (κ3) is 3.65. The van der Waals surface area contributed by atoms with Crippen molar-refractivity contribution in [3.05, 3.63) is 59.3 Å². The lowest BCUT2D eigenvalue weighted by atomic mass is 9.81. The third-order valence-corrected chi connectivity index (χ3v) is 7.95. The standard InChI is InChI=1S/C27H28F2N4O4/c1-26-14-20-19-13-18(37-2)6-7-21(19)30-22(20)23(16-4-3-5-17(34)12-16)33(26)25(36)32(24(26)35)11-10-31-9-8-27(28,29)15-31/h3-7,12-13,23,30,34H,8-11,14-15H2,1-2H3/t23-,26+/m1/s1. The highest BCUT2D eigenvalue weighted by Crippen LogP contribution is 2.49. The number of aromatic hydroxyl groups is 1. The average Bonchev–Trinajstić information content (AvgIpc) is 3.46. The molecular formula is C27H28F2N4O4. The number of methoxy groups -OCH3 is 1. The fourth-order valence-corrected chi connectivity index (χ4v) is 6.10. The minimum absolute atomic E-state index is 0.0368. The van der Waals surface area contributed by atoms with Crippen molar-refractivity contribution in [2.45, 2.75) is 37.3 Å². The molecule has 8 nitrogen and oxygen atoms in total. The van der Waals surface area contributed by atoms with Crippen molar-refractivity contribution in [2.24, 2.45) is 0 Å². The maximum atomic E-state index is 13.9. The SMILES string of the molecule is COc1ccc2[nH]c3c(c2c1)C[C@@]1(C)C(=O)N(CCN2CCC(F)(F)C2)C(=O)N1[C@@H]3c1cccc(O)c1. The number of aromatic amines is 1. The summed E-state index contributed by atoms with van der Waals surface area (Å²) < 4.78 is 32.8. The highest BCUT2D eigenvalue weighted by atomic mass is 19.3. The van der Waals surface area contributed by atoms with Gasteiger partial charge in [-0.1, -0.05) is 12.1 Å². The van der Waals surface area contributed by atoms with E-state index in [1.165, 1.54) is 4.90 Å². The number of alkyl halides is 2. The fourth-order valence-electron chi connectivity index (χ4n) is 6.10. The predicted molar refractivity (Wildman–Crippen MR) is 132 cm³/mol. The van der Waals surface area contributed by atoms with Gasteiger partial charge in [-0.05, 0) is 48.4 Å². The summed E-state index contributed by atoms with van der Waals surface area (Å²) >= 11 is 0. The number of H-pyrrole nitrogens is 1. The molecule has 2 N–H and O–H groups in total. The molecule has 0 aliphatic carbocycles. The molecular weight excluding hydrogens is 482 g/mol. The molecule has 37 heavy (non-hydrogen) atoms. The molecule has 2 atom stereocenters. The van der Waals surface area contributed by atoms with E-state index in [4.69, 9.17) is 4.74 Å². The Bertz CT molecular complexity index is 1420. The van der Waals surface area contributed by atoms with Gasteiger partial charge in [-0.3, -0.25) is 19.5 Å². The first-order chi connectivity index (χ1) is 17.6. The first-order valence-electron chi connectivity index (χ1n) is 12.3. The molecule has 0 spiro atoms. The van der Waals surface area contributed by atoms with Gasteiger partial charge < -0.3 is 14.8 Å². The summed E-state index contributed by atoms with van der Waals surface area (Å²) in [4.78, 5) is 35.5. The van der Waals surface area contributed by atoms with Crippen molar-refractivity contribution in [1.82, 2.24) is 19.7 Å². The van der Waals surface area contributed by atoms with Gasteiger partial charge in [0.25, 0.3) is 11.8 Å². The predicted octanol–water partition coefficient (Wildman–Crippen LogP) is 3.89. The van der Waals surface area contributed by atoms with Crippen molar-refractivity contribution in [3.8, 4) is 11.5 Å². The number of urea groups is 1. The quantitative estimate of drug-likeness (QED) is 0.509. The Kier molecular flexibility index (Phi) is 5.24. The minimum atomic E-state index is -2.74. The molecule has 6 rings (SSSR count). The second kappa shape index (κ2) is 8.17. The summed E-state index contributed by atoms with van der Waals surface area (Å²) in [5, 5.41) is 11.1. The van der Waals surface area contributed by atoms with Crippen LogP contribution in [0, 0.1) is 0 Å². The fraction of sp³-hybridized carbons (Fsp3) is 0.407. The number of nitrogens with one attached hydrogen (secondary N) is 1. The summed E-state index contributed by atoms with van der Waals surface area (Å²) in [6, 6.07) is 11.2. The maximum Gasteiger partial charge on any atom is 0.328 e. The third-order valence-electron chi connectivity index (χ3n) is 7.95. The van der Waals surface area contributed by atoms with Crippen LogP contribution in [0.25, 0.3) is 10.9 Å². The minimum Gasteiger partial charge on any atom is -0.508 e. The van der Waals surface area contributed by atoms with E-state index in [0.29, 0.717) is 11.3 Å². The van der Waals surface area contributed by atoms with Crippen molar-refractivity contribution in [3.63, 3.8) is 0 Å². The van der Waals surface area contributed by atoms with E-state index in [2.05, 4.69) is 4.98 Å². The Morgan fingerprint density at radius 3 is 2.68 bits per heavy atom. The van der Waals surface area contributed by atoms with Crippen molar-refractivity contribution >= 4 is 22.8 Å². The summed E-state index contributed by atoms with van der Waals surface area (Å²) in [6.45, 7) is 1.85. The first kappa shape index (κ1) is 23.7. The van der Waals surface area contributed by atoms with Crippen molar-refractivity contribution < 1.29 is 28.2 Å². The number of phenolic OH excluding ortho intramolecular Hbond substituents is 1. The Morgan fingerprint density at radius 1 is 1.16 bits per heavy atom. The van der Waals surface area contributed by atoms with Crippen LogP contribution in [0.2, 0.25) is 0 Å². The summed E-state index contributed by atoms with van der Waals surface area (Å²) in [6.07, 6.45) is 0.0666. The normalized spacial score (nSPS) is 25.1. The zero-order valence-electron chi connectivity index (χ0n) is 20.6. The number of aromatic nitrogens is 1. The number of likely N-dealkylation sites (tertiary alicyclic amines) is 1. The molecule has 2 saturated heterocycles. The van der Waals surface area contributed by atoms with Crippen LogP contribution in [0.4, 0.5) is 13.6 Å². The summed E-state index contributed by atoms with van der Waals surface area (Å²) in [5.74, 6) is -2.37. The van der Waals surface area contributed by atoms with Crippen LogP contribution >= 0.6 is 0 Å². The van der Waals surface area contributed by atoms with Crippen LogP contribution in [0.3, 0.4) is 0 Å². The molecule has 2 aromatic carbocycles. The number of hydrogen-bond acceptors (Lipinski definition) is 5. The number of benzene rings is 2. The molecule has 2 fully saturated rings. The van der Waals surface area contributed by atoms with Crippen LogP contribution in [0.1, 0.15) is 36.2 Å². The average molecular weight is 511 g/mol. The van der Waals surface area contributed by atoms with Crippen LogP contribution in [-0.2, 0) is 11.2 Å². The summed E-state index contributed by atoms with van der Waals surface area (Å²) in [7, 11) is 1.59. The number of ether oxygens (including phenoxy) is 1. The molecule has 3 aliphatic heterocycles. The van der Waals surface area contributed by atoms with Gasteiger partial charge in [0.15, 0.2) is 0 Å². The van der Waals surface area contributed by atoms with E-state index in [0.717, 1.165) is 22.2 Å². The Labute approximate surface area is 212 Å². The highest BCUT2D eigenvalue weighted by Gasteiger charge is 2.60. The number of carbonyl (C=O) groups excluding carboxylic acids is 2. The van der Waals surface area contributed by atoms with Gasteiger partial charge in [-0.15, -0.1) is 0 Å². The van der Waals surface area contributed by atoms with Gasteiger partial charge in [0.1, 0.15) is 23.1 Å². The van der Waals surface area contributed by atoms with Gasteiger partial charge in [0.2, 0.25) is 0 Å². The Hall–Kier alpha value is -3.66. The number of imide groups is 1. The highest BCUT2D eigenvalue weighted by molar-refractivity contribution is 6.08. The smallest absolute Gasteiger partial charge is 0.328 e. The number of nitrogens with zero attached hydrogens (tertiary/aromatic N) is 3. The lowest BCUT2D eigenvalue weighted by Gasteiger charge is -2.42. The molecule has 3 amide bonds. The largest absolute Gasteiger partial charge is 0.508 e. The van der Waals surface area contributed by atoms with Gasteiger partial charge in [0.05, 0.1) is 13.7 Å². The zero-order chi connectivity index (χ0) is 26.1. The van der Waals surface area contributed by atoms with Gasteiger partial charge >= 0.3 is 6.03 Å². The lowest BCUT2D eigenvalue weighted by Crippen LogP contribution is -2.53. The number of hydrogen-bond donors (Lipinski definition) is 2. The molecule has 0 unspecified atom stereocenters. The molecule has 0 radical (unpaired) electrons. The van der Waals surface area contributed by atoms with Crippen molar-refractivity contribution in [1.29, 1.82) is 0 Å². The Balaban J connectivity index is 1.43. The van der Waals surface area contributed by atoms with Crippen LogP contribution in [0.15, 0.2) is 42.5 Å². The number of amides is 3. The number of phenols is 1. The molecule has 0 bridgehead atoms. The van der Waals surface area contributed by atoms with Gasteiger partial charge in [-0.25, -0.2) is 13.6 Å². The second-order valence-electron chi connectivity index (χ2n) is 10.4. The van der Waals surface area contributed by atoms with Crippen LogP contribution < -0.4 is 4.74 Å². The van der Waals surface area contributed by atoms with Gasteiger partial charge in [-0.2, -0.15) is 0 Å². The monoisotopic (exact) mass is 510 g/mol. The Morgan fingerprint density at radius 2 is 1.97 bits per heavy atom. The zero-order valence-corrected chi connectivity index (χ0v) is 20.6. The maximum absolute atomic E-state index is 13.9. The molecule has 10 heteroatoms. The van der Waals surface area contributed by atoms with E-state index in [-0.39, 0.29) is 50.7 Å². The molecule has 194 valence electrons. The number of halogens is 2. The number of carbonyl (C=O) groups is 2. The molecule has 4 heterocycles. The van der Waals surface area contributed by atoms with Crippen molar-refractivity contribution in [2.75, 3.05) is 33.3 Å². The molecule has 3 aromatic rings. The number of rotatable bonds is 5. The van der Waals surface area contributed by atoms with Crippen LogP contribution in [0.5, 0.6) is 11.5 Å². The topological polar surface area (TPSA) is 89.1 Å². The molecule has 3 aliphatic rings. The van der Waals surface area contributed by atoms with E-state index in [9.17, 15) is 23.5 Å². The molecule has 1 aromatic heterocycles. The lowest BCUT2D eigenvalue weighted by molar-refractivity contribution is -0.133. The number of fused-ring (bicyclic) bond motifs is 4. The first-order valence-corrected chi connectivity index (χ1v) is 12.3. The van der Waals surface area contributed by atoms with E-state index in [1.54, 1.807) is 42.0 Å². The van der Waals surface area contributed by atoms with Crippen LogP contribution in [-0.4, -0.2) is 81.5 Å². The van der Waals surface area contributed by atoms with E-state index in [1.807, 2.05) is 24.3 Å². The summed E-state index contributed by atoms with van der Waals surface area (Å²) in [5.41, 5.74) is 2.00. The van der Waals surface area contributed by atoms with E-state index >= 15 is 0 Å². The molecule has 0 saturated carbocycles. The van der Waals surface area contributed by atoms with Gasteiger partial charge in [0, 0.05) is 49.1 Å².